The molecule has 8 heteroatoms. The summed E-state index contributed by atoms with van der Waals surface area (Å²) >= 11 is 0. The highest BCUT2D eigenvalue weighted by Gasteiger charge is 2.33. The summed E-state index contributed by atoms with van der Waals surface area (Å²) in [5, 5.41) is 0. The Morgan fingerprint density at radius 2 is 2.04 bits per heavy atom. The minimum atomic E-state index is -0.446. The number of aromatic nitrogens is 2. The van der Waals surface area contributed by atoms with Crippen LogP contribution in [0.5, 0.6) is 5.75 Å². The van der Waals surface area contributed by atoms with Gasteiger partial charge < -0.3 is 14.5 Å². The maximum Gasteiger partial charge on any atom is 0.319 e. The zero-order chi connectivity index (χ0) is 19.6. The fourth-order valence-corrected chi connectivity index (χ4v) is 2.76. The Balaban J connectivity index is 1.63. The van der Waals surface area contributed by atoms with Crippen molar-refractivity contribution < 1.29 is 18.7 Å². The number of hydrogen-bond acceptors (Lipinski definition) is 5. The van der Waals surface area contributed by atoms with Gasteiger partial charge in [-0.05, 0) is 19.1 Å². The number of pyridine rings is 2. The third kappa shape index (κ3) is 4.58. The monoisotopic (exact) mass is 372 g/mol. The van der Waals surface area contributed by atoms with Crippen LogP contribution in [0.1, 0.15) is 21.9 Å². The van der Waals surface area contributed by atoms with Crippen molar-refractivity contribution in [2.24, 2.45) is 0 Å². The average molecular weight is 372 g/mol. The van der Waals surface area contributed by atoms with Crippen LogP contribution in [0.2, 0.25) is 0 Å². The Labute approximate surface area is 156 Å². The molecule has 7 nitrogen and oxygen atoms in total. The van der Waals surface area contributed by atoms with Crippen molar-refractivity contribution in [2.45, 2.75) is 19.4 Å². The number of ketones is 1. The van der Waals surface area contributed by atoms with E-state index in [1.165, 1.54) is 17.0 Å². The lowest BCUT2D eigenvalue weighted by atomic mass is 10.1. The number of rotatable bonds is 5. The van der Waals surface area contributed by atoms with Gasteiger partial charge in [0.1, 0.15) is 23.4 Å². The summed E-state index contributed by atoms with van der Waals surface area (Å²) in [6.07, 6.45) is 1.00. The molecule has 27 heavy (non-hydrogen) atoms. The number of Topliss-reactive ketones (excluding diaryl/α,β-unsaturated/α-hetero) is 1. The minimum Gasteiger partial charge on any atom is -0.487 e. The van der Waals surface area contributed by atoms with E-state index in [1.807, 2.05) is 0 Å². The van der Waals surface area contributed by atoms with Crippen molar-refractivity contribution in [2.75, 3.05) is 27.2 Å². The average Bonchev–Trinajstić information content (AvgIpc) is 2.58. The second-order valence-corrected chi connectivity index (χ2v) is 6.72. The molecule has 0 aromatic carbocycles. The summed E-state index contributed by atoms with van der Waals surface area (Å²) in [5.74, 6) is -0.126. The molecule has 1 saturated heterocycles. The van der Waals surface area contributed by atoms with Crippen molar-refractivity contribution >= 4 is 11.8 Å². The van der Waals surface area contributed by atoms with E-state index in [2.05, 4.69) is 9.97 Å². The molecule has 2 aromatic rings. The molecule has 2 amide bonds. The number of hydrogen-bond donors (Lipinski definition) is 0. The zero-order valence-corrected chi connectivity index (χ0v) is 15.5. The van der Waals surface area contributed by atoms with Gasteiger partial charge in [-0.3, -0.25) is 9.78 Å². The first-order valence-corrected chi connectivity index (χ1v) is 8.57. The van der Waals surface area contributed by atoms with Crippen molar-refractivity contribution in [1.29, 1.82) is 0 Å². The van der Waals surface area contributed by atoms with Crippen LogP contribution in [0.25, 0.3) is 0 Å². The van der Waals surface area contributed by atoms with Gasteiger partial charge in [0, 0.05) is 37.6 Å². The lowest BCUT2D eigenvalue weighted by molar-refractivity contribution is 0.0355. The highest BCUT2D eigenvalue weighted by Crippen LogP contribution is 2.21. The maximum atomic E-state index is 12.9. The number of amides is 2. The van der Waals surface area contributed by atoms with Crippen LogP contribution >= 0.6 is 0 Å². The predicted octanol–water partition coefficient (Wildman–Crippen LogP) is 2.09. The van der Waals surface area contributed by atoms with Crippen LogP contribution in [-0.4, -0.2) is 64.9 Å². The van der Waals surface area contributed by atoms with Crippen LogP contribution < -0.4 is 4.74 Å². The molecule has 1 fully saturated rings. The van der Waals surface area contributed by atoms with Crippen molar-refractivity contribution in [3.8, 4) is 5.75 Å². The number of urea groups is 1. The molecule has 0 saturated carbocycles. The van der Waals surface area contributed by atoms with E-state index >= 15 is 0 Å². The zero-order valence-electron chi connectivity index (χ0n) is 15.5. The molecule has 3 heterocycles. The van der Waals surface area contributed by atoms with Gasteiger partial charge in [0.25, 0.3) is 0 Å². The molecule has 0 radical (unpaired) electrons. The quantitative estimate of drug-likeness (QED) is 0.752. The number of halogens is 1. The largest absolute Gasteiger partial charge is 0.487 e. The van der Waals surface area contributed by atoms with E-state index in [4.69, 9.17) is 4.74 Å². The Morgan fingerprint density at radius 3 is 2.67 bits per heavy atom. The molecule has 0 bridgehead atoms. The van der Waals surface area contributed by atoms with Gasteiger partial charge in [-0.25, -0.2) is 14.2 Å². The minimum absolute atomic E-state index is 0.0325. The van der Waals surface area contributed by atoms with Gasteiger partial charge in [0.15, 0.2) is 5.78 Å². The van der Waals surface area contributed by atoms with Gasteiger partial charge in [-0.2, -0.15) is 0 Å². The Bertz CT molecular complexity index is 849. The lowest BCUT2D eigenvalue weighted by Crippen LogP contribution is -2.58. The second-order valence-electron chi connectivity index (χ2n) is 6.72. The van der Waals surface area contributed by atoms with Crippen molar-refractivity contribution in [3.05, 3.63) is 53.4 Å². The van der Waals surface area contributed by atoms with E-state index in [0.29, 0.717) is 30.2 Å². The predicted molar refractivity (Wildman–Crippen MR) is 96.3 cm³/mol. The summed E-state index contributed by atoms with van der Waals surface area (Å²) in [7, 11) is 3.41. The molecule has 0 atom stereocenters. The summed E-state index contributed by atoms with van der Waals surface area (Å²) < 4.78 is 18.8. The third-order valence-corrected chi connectivity index (χ3v) is 4.15. The Kier molecular flexibility index (Phi) is 5.34. The molecule has 1 aliphatic rings. The molecule has 0 spiro atoms. The third-order valence-electron chi connectivity index (χ3n) is 4.15. The van der Waals surface area contributed by atoms with Crippen LogP contribution in [0.15, 0.2) is 30.5 Å². The normalized spacial score (nSPS) is 13.9. The molecule has 142 valence electrons. The van der Waals surface area contributed by atoms with Gasteiger partial charge in [0.2, 0.25) is 0 Å². The smallest absolute Gasteiger partial charge is 0.319 e. The van der Waals surface area contributed by atoms with Crippen LogP contribution in [0.3, 0.4) is 0 Å². The molecule has 0 aliphatic carbocycles. The summed E-state index contributed by atoms with van der Waals surface area (Å²) in [6, 6.07) is 6.04. The van der Waals surface area contributed by atoms with Crippen molar-refractivity contribution in [1.82, 2.24) is 19.8 Å². The Hall–Kier alpha value is -3.03. The standard InChI is InChI=1S/C19H21FN4O3/c1-12-6-15(27-16-10-24(11-16)19(26)23(2)3)8-17(22-12)18(25)7-14-5-4-13(20)9-21-14/h4-6,8-9,16H,7,10-11H2,1-3H3. The second kappa shape index (κ2) is 7.69. The first-order chi connectivity index (χ1) is 12.8. The maximum absolute atomic E-state index is 12.9. The van der Waals surface area contributed by atoms with E-state index in [1.54, 1.807) is 38.1 Å². The molecule has 0 N–H and O–H groups in total. The van der Waals surface area contributed by atoms with Crippen molar-refractivity contribution in [3.63, 3.8) is 0 Å². The van der Waals surface area contributed by atoms with Crippen LogP contribution in [0, 0.1) is 12.7 Å². The number of nitrogens with zero attached hydrogens (tertiary/aromatic N) is 4. The molecule has 2 aromatic heterocycles. The van der Waals surface area contributed by atoms with Gasteiger partial charge >= 0.3 is 6.03 Å². The van der Waals surface area contributed by atoms with E-state index in [9.17, 15) is 14.0 Å². The first-order valence-electron chi connectivity index (χ1n) is 8.57. The highest BCUT2D eigenvalue weighted by atomic mass is 19.1. The Morgan fingerprint density at radius 1 is 1.30 bits per heavy atom. The van der Waals surface area contributed by atoms with E-state index in [0.717, 1.165) is 6.20 Å². The lowest BCUT2D eigenvalue weighted by Gasteiger charge is -2.40. The highest BCUT2D eigenvalue weighted by molar-refractivity contribution is 5.95. The topological polar surface area (TPSA) is 75.6 Å². The fourth-order valence-electron chi connectivity index (χ4n) is 2.76. The van der Waals surface area contributed by atoms with E-state index < -0.39 is 5.82 Å². The summed E-state index contributed by atoms with van der Waals surface area (Å²) in [5.41, 5.74) is 1.41. The molecule has 0 unspecified atom stereocenters. The van der Waals surface area contributed by atoms with Gasteiger partial charge in [0.05, 0.1) is 25.7 Å². The molecule has 3 rings (SSSR count). The van der Waals surface area contributed by atoms with Gasteiger partial charge in [-0.15, -0.1) is 0 Å². The molecule has 1 aliphatic heterocycles. The van der Waals surface area contributed by atoms with Gasteiger partial charge in [-0.1, -0.05) is 0 Å². The number of ether oxygens (including phenoxy) is 1. The number of aryl methyl sites for hydroxylation is 1. The van der Waals surface area contributed by atoms with Crippen LogP contribution in [-0.2, 0) is 6.42 Å². The SMILES string of the molecule is Cc1cc(OC2CN(C(=O)N(C)C)C2)cc(C(=O)Cc2ccc(F)cn2)n1. The fraction of sp³-hybridized carbons (Fsp3) is 0.368. The molecular weight excluding hydrogens is 351 g/mol. The van der Waals surface area contributed by atoms with Crippen LogP contribution in [0.4, 0.5) is 9.18 Å². The summed E-state index contributed by atoms with van der Waals surface area (Å²) in [6.45, 7) is 2.78. The number of carbonyl (C=O) groups excluding carboxylic acids is 2. The summed E-state index contributed by atoms with van der Waals surface area (Å²) in [4.78, 5) is 35.7. The molecular formula is C19H21FN4O3. The number of likely N-dealkylation sites (tertiary alicyclic amines) is 1. The van der Waals surface area contributed by atoms with E-state index in [-0.39, 0.29) is 30.0 Å². The first kappa shape index (κ1) is 18.8. The number of carbonyl (C=O) groups is 2.